The molecule has 0 bridgehead atoms. The van der Waals surface area contributed by atoms with Crippen molar-refractivity contribution in [3.8, 4) is 0 Å². The summed E-state index contributed by atoms with van der Waals surface area (Å²) in [4.78, 5) is 27.4. The maximum absolute atomic E-state index is 12.1. The van der Waals surface area contributed by atoms with Crippen molar-refractivity contribution in [3.05, 3.63) is 17.5 Å². The van der Waals surface area contributed by atoms with Gasteiger partial charge in [-0.2, -0.15) is 5.10 Å². The van der Waals surface area contributed by atoms with E-state index in [2.05, 4.69) is 15.5 Å². The van der Waals surface area contributed by atoms with Crippen molar-refractivity contribution in [3.63, 3.8) is 0 Å². The molecular weight excluding hydrogens is 246 g/mol. The van der Waals surface area contributed by atoms with E-state index in [9.17, 15) is 9.59 Å². The molecule has 7 nitrogen and oxygen atoms in total. The van der Waals surface area contributed by atoms with Crippen LogP contribution in [0.2, 0.25) is 0 Å². The fourth-order valence-corrected chi connectivity index (χ4v) is 2.06. The maximum Gasteiger partial charge on any atom is 0.257 e. The number of piperazine rings is 1. The minimum atomic E-state index is -0.185. The second-order valence-electron chi connectivity index (χ2n) is 4.70. The third kappa shape index (κ3) is 3.11. The third-order valence-electron chi connectivity index (χ3n) is 3.25. The third-order valence-corrected chi connectivity index (χ3v) is 3.25. The molecule has 0 spiro atoms. The lowest BCUT2D eigenvalue weighted by Gasteiger charge is -2.29. The number of aryl methyl sites for hydroxylation is 1. The van der Waals surface area contributed by atoms with Gasteiger partial charge in [0.2, 0.25) is 5.91 Å². The molecule has 1 aliphatic heterocycles. The highest BCUT2D eigenvalue weighted by Gasteiger charge is 2.22. The fraction of sp³-hybridized carbons (Fsp3) is 0.583. The lowest BCUT2D eigenvalue weighted by atomic mass is 10.2. The highest BCUT2D eigenvalue weighted by atomic mass is 16.2. The molecule has 1 saturated heterocycles. The van der Waals surface area contributed by atoms with Gasteiger partial charge in [0.15, 0.2) is 0 Å². The van der Waals surface area contributed by atoms with E-state index in [1.54, 1.807) is 18.9 Å². The van der Waals surface area contributed by atoms with Crippen LogP contribution in [0.1, 0.15) is 16.1 Å². The summed E-state index contributed by atoms with van der Waals surface area (Å²) in [5.41, 5.74) is 1.22. The van der Waals surface area contributed by atoms with Crippen molar-refractivity contribution in [2.24, 2.45) is 0 Å². The lowest BCUT2D eigenvalue weighted by Crippen LogP contribution is -2.49. The minimum absolute atomic E-state index is 0.0153. The molecule has 0 saturated carbocycles. The second-order valence-corrected chi connectivity index (χ2v) is 4.70. The molecule has 1 aromatic heterocycles. The molecular formula is C12H19N5O2. The molecule has 1 aliphatic rings. The fourth-order valence-electron chi connectivity index (χ4n) is 2.06. The van der Waals surface area contributed by atoms with E-state index >= 15 is 0 Å². The molecule has 2 heterocycles. The Morgan fingerprint density at radius 3 is 2.68 bits per heavy atom. The van der Waals surface area contributed by atoms with Gasteiger partial charge >= 0.3 is 0 Å². The molecule has 0 aliphatic carbocycles. The van der Waals surface area contributed by atoms with E-state index in [-0.39, 0.29) is 18.4 Å². The Labute approximate surface area is 111 Å². The van der Waals surface area contributed by atoms with Crippen molar-refractivity contribution < 1.29 is 9.59 Å². The van der Waals surface area contributed by atoms with Gasteiger partial charge in [-0.3, -0.25) is 14.7 Å². The number of hydrogen-bond donors (Lipinski definition) is 2. The highest BCUT2D eigenvalue weighted by molar-refractivity contribution is 5.97. The van der Waals surface area contributed by atoms with Crippen LogP contribution in [0.25, 0.3) is 0 Å². The van der Waals surface area contributed by atoms with Crippen LogP contribution in [0.15, 0.2) is 6.20 Å². The van der Waals surface area contributed by atoms with Gasteiger partial charge < -0.3 is 15.1 Å². The average Bonchev–Trinajstić information content (AvgIpc) is 2.85. The summed E-state index contributed by atoms with van der Waals surface area (Å²) >= 11 is 0. The summed E-state index contributed by atoms with van der Waals surface area (Å²) in [6.07, 6.45) is 1.49. The van der Waals surface area contributed by atoms with Gasteiger partial charge in [0.25, 0.3) is 5.91 Å². The summed E-state index contributed by atoms with van der Waals surface area (Å²) in [6.45, 7) is 4.90. The monoisotopic (exact) mass is 265 g/mol. The van der Waals surface area contributed by atoms with Gasteiger partial charge in [-0.05, 0) is 6.92 Å². The van der Waals surface area contributed by atoms with E-state index in [1.807, 2.05) is 0 Å². The van der Waals surface area contributed by atoms with Gasteiger partial charge in [0.1, 0.15) is 0 Å². The number of hydrogen-bond acceptors (Lipinski definition) is 4. The number of carbonyl (C=O) groups excluding carboxylic acids is 2. The minimum Gasteiger partial charge on any atom is -0.339 e. The number of amides is 2. The zero-order valence-corrected chi connectivity index (χ0v) is 11.3. The molecule has 1 fully saturated rings. The molecule has 19 heavy (non-hydrogen) atoms. The highest BCUT2D eigenvalue weighted by Crippen LogP contribution is 2.06. The number of carbonyl (C=O) groups is 2. The first-order chi connectivity index (χ1) is 9.09. The number of nitrogens with one attached hydrogen (secondary N) is 2. The molecule has 104 valence electrons. The van der Waals surface area contributed by atoms with Crippen LogP contribution < -0.4 is 5.32 Å². The van der Waals surface area contributed by atoms with Crippen LogP contribution in [-0.2, 0) is 4.79 Å². The number of rotatable bonds is 3. The molecule has 1 aromatic rings. The van der Waals surface area contributed by atoms with E-state index in [0.29, 0.717) is 24.3 Å². The standard InChI is InChI=1S/C12H19N5O2/c1-9-10(7-14-15-9)12(19)16(2)8-11(18)17-5-3-13-4-6-17/h7,13H,3-6,8H2,1-2H3,(H,14,15). The van der Waals surface area contributed by atoms with Crippen LogP contribution >= 0.6 is 0 Å². The van der Waals surface area contributed by atoms with Crippen molar-refractivity contribution in [1.82, 2.24) is 25.3 Å². The SMILES string of the molecule is Cc1[nH]ncc1C(=O)N(C)CC(=O)N1CCNCC1. The molecule has 7 heteroatoms. The molecule has 0 atom stereocenters. The first-order valence-electron chi connectivity index (χ1n) is 6.33. The summed E-state index contributed by atoms with van der Waals surface area (Å²) in [7, 11) is 1.63. The smallest absolute Gasteiger partial charge is 0.257 e. The largest absolute Gasteiger partial charge is 0.339 e. The molecule has 0 aromatic carbocycles. The predicted molar refractivity (Wildman–Crippen MR) is 69.7 cm³/mol. The van der Waals surface area contributed by atoms with E-state index < -0.39 is 0 Å². The topological polar surface area (TPSA) is 81.3 Å². The Kier molecular flexibility index (Phi) is 4.16. The second kappa shape index (κ2) is 5.83. The summed E-state index contributed by atoms with van der Waals surface area (Å²) in [6, 6.07) is 0. The Morgan fingerprint density at radius 1 is 1.42 bits per heavy atom. The number of H-pyrrole nitrogens is 1. The quantitative estimate of drug-likeness (QED) is 0.751. The first-order valence-corrected chi connectivity index (χ1v) is 6.33. The summed E-state index contributed by atoms with van der Waals surface area (Å²) in [5.74, 6) is -0.201. The van der Waals surface area contributed by atoms with Crippen LogP contribution in [-0.4, -0.2) is 71.6 Å². The van der Waals surface area contributed by atoms with Gasteiger partial charge in [0.05, 0.1) is 18.3 Å². The van der Waals surface area contributed by atoms with Crippen LogP contribution in [0.3, 0.4) is 0 Å². The zero-order chi connectivity index (χ0) is 13.8. The molecule has 2 amide bonds. The normalized spacial score (nSPS) is 15.4. The average molecular weight is 265 g/mol. The number of aromatic amines is 1. The summed E-state index contributed by atoms with van der Waals surface area (Å²) < 4.78 is 0. The Hall–Kier alpha value is -1.89. The molecule has 2 rings (SSSR count). The van der Waals surface area contributed by atoms with Gasteiger partial charge in [-0.1, -0.05) is 0 Å². The molecule has 2 N–H and O–H groups in total. The molecule has 0 unspecified atom stereocenters. The van der Waals surface area contributed by atoms with Crippen LogP contribution in [0.4, 0.5) is 0 Å². The Bertz CT molecular complexity index is 464. The number of aromatic nitrogens is 2. The zero-order valence-electron chi connectivity index (χ0n) is 11.3. The van der Waals surface area contributed by atoms with Crippen LogP contribution in [0.5, 0.6) is 0 Å². The van der Waals surface area contributed by atoms with Crippen molar-refractivity contribution in [2.45, 2.75) is 6.92 Å². The van der Waals surface area contributed by atoms with Crippen LogP contribution in [0, 0.1) is 6.92 Å². The lowest BCUT2D eigenvalue weighted by molar-refractivity contribution is -0.132. The maximum atomic E-state index is 12.1. The Morgan fingerprint density at radius 2 is 2.11 bits per heavy atom. The molecule has 0 radical (unpaired) electrons. The predicted octanol–water partition coefficient (Wildman–Crippen LogP) is -0.778. The first kappa shape index (κ1) is 13.5. The van der Waals surface area contributed by atoms with Crippen molar-refractivity contribution in [1.29, 1.82) is 0 Å². The van der Waals surface area contributed by atoms with Gasteiger partial charge in [0, 0.05) is 38.9 Å². The Balaban J connectivity index is 1.93. The van der Waals surface area contributed by atoms with E-state index in [4.69, 9.17) is 0 Å². The van der Waals surface area contributed by atoms with Gasteiger partial charge in [-0.25, -0.2) is 0 Å². The summed E-state index contributed by atoms with van der Waals surface area (Å²) in [5, 5.41) is 9.73. The van der Waals surface area contributed by atoms with Gasteiger partial charge in [-0.15, -0.1) is 0 Å². The van der Waals surface area contributed by atoms with E-state index in [1.165, 1.54) is 11.1 Å². The van der Waals surface area contributed by atoms with Crippen molar-refractivity contribution in [2.75, 3.05) is 39.8 Å². The number of likely N-dealkylation sites (N-methyl/N-ethyl adjacent to an activating group) is 1. The number of nitrogens with zero attached hydrogens (tertiary/aromatic N) is 3. The van der Waals surface area contributed by atoms with E-state index in [0.717, 1.165) is 13.1 Å². The van der Waals surface area contributed by atoms with Crippen molar-refractivity contribution >= 4 is 11.8 Å².